The molecule has 0 bridgehead atoms. The Kier molecular flexibility index (Phi) is 73.1. The first-order valence-electron chi connectivity index (χ1n) is 43.0. The van der Waals surface area contributed by atoms with Crippen LogP contribution in [-0.4, -0.2) is 96.7 Å². The highest BCUT2D eigenvalue weighted by molar-refractivity contribution is 7.47. The van der Waals surface area contributed by atoms with Crippen LogP contribution in [0.25, 0.3) is 0 Å². The van der Waals surface area contributed by atoms with Gasteiger partial charge in [0, 0.05) is 25.7 Å². The molecule has 606 valence electrons. The highest BCUT2D eigenvalue weighted by Gasteiger charge is 2.30. The summed E-state index contributed by atoms with van der Waals surface area (Å²) in [6.07, 6.45) is 65.3. The molecule has 0 aliphatic rings. The third-order valence-electron chi connectivity index (χ3n) is 19.5. The summed E-state index contributed by atoms with van der Waals surface area (Å²) in [7, 11) is -9.92. The number of aliphatic hydroxyl groups is 1. The third-order valence-corrected chi connectivity index (χ3v) is 21.4. The number of carbonyl (C=O) groups is 4. The maximum absolute atomic E-state index is 13.1. The van der Waals surface area contributed by atoms with Gasteiger partial charge in [-0.3, -0.25) is 37.3 Å². The fraction of sp³-hybridized carbons (Fsp3) is 0.952. The molecule has 0 spiro atoms. The zero-order valence-corrected chi connectivity index (χ0v) is 68.7. The smallest absolute Gasteiger partial charge is 0.462 e. The maximum atomic E-state index is 13.1. The summed E-state index contributed by atoms with van der Waals surface area (Å²) in [6, 6.07) is 0. The van der Waals surface area contributed by atoms with E-state index >= 15 is 0 Å². The lowest BCUT2D eigenvalue weighted by Crippen LogP contribution is -2.30. The van der Waals surface area contributed by atoms with Crippen molar-refractivity contribution in [1.29, 1.82) is 0 Å². The number of phosphoric acid groups is 2. The van der Waals surface area contributed by atoms with E-state index in [4.69, 9.17) is 37.0 Å². The fourth-order valence-corrected chi connectivity index (χ4v) is 14.5. The van der Waals surface area contributed by atoms with Crippen LogP contribution in [0, 0.1) is 11.8 Å². The van der Waals surface area contributed by atoms with Gasteiger partial charge in [0.2, 0.25) is 0 Å². The van der Waals surface area contributed by atoms with Gasteiger partial charge >= 0.3 is 39.5 Å². The molecule has 5 atom stereocenters. The molecule has 0 aromatic carbocycles. The minimum Gasteiger partial charge on any atom is -0.462 e. The van der Waals surface area contributed by atoms with Crippen molar-refractivity contribution in [3.63, 3.8) is 0 Å². The molecule has 0 rings (SSSR count). The summed E-state index contributed by atoms with van der Waals surface area (Å²) in [5.41, 5.74) is 0. The van der Waals surface area contributed by atoms with Crippen LogP contribution < -0.4 is 0 Å². The Morgan fingerprint density at radius 3 is 0.667 bits per heavy atom. The normalized spacial score (nSPS) is 13.9. The Balaban J connectivity index is 5.21. The van der Waals surface area contributed by atoms with Gasteiger partial charge in [-0.1, -0.05) is 388 Å². The van der Waals surface area contributed by atoms with Crippen LogP contribution >= 0.6 is 15.6 Å². The first-order valence-corrected chi connectivity index (χ1v) is 46.0. The van der Waals surface area contributed by atoms with E-state index in [1.807, 2.05) is 0 Å². The van der Waals surface area contributed by atoms with Crippen molar-refractivity contribution >= 4 is 39.5 Å². The van der Waals surface area contributed by atoms with Gasteiger partial charge in [-0.05, 0) is 37.5 Å². The Bertz CT molecular complexity index is 1960. The van der Waals surface area contributed by atoms with Crippen LogP contribution in [0.3, 0.4) is 0 Å². The molecule has 0 saturated heterocycles. The van der Waals surface area contributed by atoms with Gasteiger partial charge in [-0.2, -0.15) is 0 Å². The standard InChI is InChI=1S/C83H162O17P2/c1-7-9-11-13-15-17-19-20-21-22-23-24-25-26-27-28-33-36-43-49-55-61-67-82(87)99-79(72-94-81(86)66-60-54-48-42-35-32-30-29-31-34-39-45-51-57-63-75(3)4)74-98-102(91,92)96-70-77(84)69-95-101(89,90)97-73-78(71-93-80(85)65-59-53-47-41-18-16-14-12-10-8-2)100-83(88)68-62-56-50-44-38-37-40-46-52-58-64-76(5)6/h75-79,84H,7-74H2,1-6H3,(H,89,90)(H,91,92)/t77-,78+,79+/m0/s1. The van der Waals surface area contributed by atoms with E-state index in [2.05, 4.69) is 41.5 Å². The number of hydrogen-bond donors (Lipinski definition) is 3. The first-order chi connectivity index (χ1) is 49.4. The largest absolute Gasteiger partial charge is 0.472 e. The third kappa shape index (κ3) is 76.3. The van der Waals surface area contributed by atoms with Crippen molar-refractivity contribution in [2.75, 3.05) is 39.6 Å². The zero-order valence-electron chi connectivity index (χ0n) is 66.9. The first kappa shape index (κ1) is 100. The molecular weight excluding hydrogens is 1330 g/mol. The summed E-state index contributed by atoms with van der Waals surface area (Å²) in [6.45, 7) is 9.65. The molecule has 2 unspecified atom stereocenters. The van der Waals surface area contributed by atoms with E-state index in [1.165, 1.54) is 257 Å². The number of carbonyl (C=O) groups excluding carboxylic acids is 4. The number of esters is 4. The highest BCUT2D eigenvalue weighted by Crippen LogP contribution is 2.45. The maximum Gasteiger partial charge on any atom is 0.472 e. The van der Waals surface area contributed by atoms with E-state index in [0.717, 1.165) is 102 Å². The van der Waals surface area contributed by atoms with Gasteiger partial charge in [0.05, 0.1) is 26.4 Å². The fourth-order valence-electron chi connectivity index (χ4n) is 12.9. The van der Waals surface area contributed by atoms with Crippen molar-refractivity contribution in [1.82, 2.24) is 0 Å². The molecule has 0 aromatic rings. The SMILES string of the molecule is CCCCCCCCCCCCCCCCCCCCCCCCC(=O)O[C@H](COC(=O)CCCCCCCCCCCCCCCCC(C)C)COP(=O)(O)OC[C@@H](O)COP(=O)(O)OC[C@@H](COC(=O)CCCCCCCCCCCC)OC(=O)CCCCCCCCCCCCC(C)C. The summed E-state index contributed by atoms with van der Waals surface area (Å²) in [5, 5.41) is 10.6. The average Bonchev–Trinajstić information content (AvgIpc) is 0.920. The molecule has 0 amide bonds. The number of aliphatic hydroxyl groups excluding tert-OH is 1. The van der Waals surface area contributed by atoms with Crippen LogP contribution in [-0.2, 0) is 65.4 Å². The molecule has 0 saturated carbocycles. The topological polar surface area (TPSA) is 237 Å². The molecule has 102 heavy (non-hydrogen) atoms. The minimum atomic E-state index is -4.96. The Labute approximate surface area is 626 Å². The lowest BCUT2D eigenvalue weighted by Gasteiger charge is -2.21. The van der Waals surface area contributed by atoms with Gasteiger partial charge in [0.15, 0.2) is 12.2 Å². The highest BCUT2D eigenvalue weighted by atomic mass is 31.2. The Morgan fingerprint density at radius 1 is 0.265 bits per heavy atom. The van der Waals surface area contributed by atoms with Crippen LogP contribution in [0.2, 0.25) is 0 Å². The van der Waals surface area contributed by atoms with Gasteiger partial charge in [-0.25, -0.2) is 9.13 Å². The number of ether oxygens (including phenoxy) is 4. The summed E-state index contributed by atoms with van der Waals surface area (Å²) < 4.78 is 68.7. The minimum absolute atomic E-state index is 0.106. The molecule has 0 aliphatic carbocycles. The summed E-state index contributed by atoms with van der Waals surface area (Å²) in [4.78, 5) is 73.0. The number of hydrogen-bond acceptors (Lipinski definition) is 15. The number of phosphoric ester groups is 2. The molecule has 0 fully saturated rings. The van der Waals surface area contributed by atoms with E-state index in [9.17, 15) is 43.2 Å². The Morgan fingerprint density at radius 2 is 0.451 bits per heavy atom. The molecule has 0 radical (unpaired) electrons. The van der Waals surface area contributed by atoms with Crippen molar-refractivity contribution in [2.45, 2.75) is 458 Å². The van der Waals surface area contributed by atoms with Gasteiger partial charge in [0.25, 0.3) is 0 Å². The number of rotatable bonds is 82. The molecule has 17 nitrogen and oxygen atoms in total. The predicted molar refractivity (Wildman–Crippen MR) is 418 cm³/mol. The second-order valence-electron chi connectivity index (χ2n) is 30.8. The van der Waals surface area contributed by atoms with Gasteiger partial charge in [0.1, 0.15) is 19.3 Å². The molecule has 0 heterocycles. The van der Waals surface area contributed by atoms with Crippen molar-refractivity contribution in [3.05, 3.63) is 0 Å². The van der Waals surface area contributed by atoms with Crippen molar-refractivity contribution in [2.24, 2.45) is 11.8 Å². The number of unbranched alkanes of at least 4 members (excludes halogenated alkanes) is 52. The molecule has 0 aromatic heterocycles. The second-order valence-corrected chi connectivity index (χ2v) is 33.7. The van der Waals surface area contributed by atoms with Crippen LogP contribution in [0.5, 0.6) is 0 Å². The van der Waals surface area contributed by atoms with Crippen LogP contribution in [0.15, 0.2) is 0 Å². The van der Waals surface area contributed by atoms with E-state index in [0.29, 0.717) is 25.7 Å². The van der Waals surface area contributed by atoms with Crippen LogP contribution in [0.4, 0.5) is 0 Å². The Hall–Kier alpha value is -1.94. The molecule has 19 heteroatoms. The molecular formula is C83H162O17P2. The van der Waals surface area contributed by atoms with Crippen LogP contribution in [0.1, 0.15) is 440 Å². The molecule has 0 aliphatic heterocycles. The summed E-state index contributed by atoms with van der Waals surface area (Å²) >= 11 is 0. The van der Waals surface area contributed by atoms with Gasteiger partial charge < -0.3 is 33.8 Å². The second kappa shape index (κ2) is 74.5. The van der Waals surface area contributed by atoms with Gasteiger partial charge in [-0.15, -0.1) is 0 Å². The van der Waals surface area contributed by atoms with E-state index in [-0.39, 0.29) is 25.7 Å². The van der Waals surface area contributed by atoms with E-state index < -0.39 is 97.5 Å². The predicted octanol–water partition coefficient (Wildman–Crippen LogP) is 25.1. The summed E-state index contributed by atoms with van der Waals surface area (Å²) in [5.74, 6) is -0.556. The average molecular weight is 1490 g/mol. The zero-order chi connectivity index (χ0) is 74.9. The van der Waals surface area contributed by atoms with E-state index in [1.54, 1.807) is 0 Å². The monoisotopic (exact) mass is 1490 g/mol. The van der Waals surface area contributed by atoms with Crippen molar-refractivity contribution < 1.29 is 80.2 Å². The lowest BCUT2D eigenvalue weighted by atomic mass is 10.0. The quantitative estimate of drug-likeness (QED) is 0.0222. The molecule has 3 N–H and O–H groups in total. The van der Waals surface area contributed by atoms with Crippen molar-refractivity contribution in [3.8, 4) is 0 Å². The lowest BCUT2D eigenvalue weighted by molar-refractivity contribution is -0.161.